The second-order valence-corrected chi connectivity index (χ2v) is 7.34. The van der Waals surface area contributed by atoms with Crippen LogP contribution < -0.4 is 9.78 Å². The Morgan fingerprint density at radius 3 is 1.18 bits per heavy atom. The lowest BCUT2D eigenvalue weighted by atomic mass is 10.2. The summed E-state index contributed by atoms with van der Waals surface area (Å²) in [7, 11) is 0. The zero-order valence-corrected chi connectivity index (χ0v) is 18.3. The second kappa shape index (κ2) is 11.3. The number of hydrogen-bond acceptors (Lipinski definition) is 6. The first kappa shape index (κ1) is 22.6. The molecule has 0 aliphatic rings. The molecular weight excluding hydrogens is 432 g/mol. The van der Waals surface area contributed by atoms with Gasteiger partial charge >= 0.3 is 11.9 Å². The molecule has 0 aliphatic heterocycles. The number of benzene rings is 4. The van der Waals surface area contributed by atoms with Crippen LogP contribution in [0.4, 0.5) is 0 Å². The molecule has 0 saturated heterocycles. The first-order valence-electron chi connectivity index (χ1n) is 10.6. The van der Waals surface area contributed by atoms with Crippen molar-refractivity contribution >= 4 is 11.9 Å². The molecular formula is C28H22O6. The molecule has 0 aliphatic carbocycles. The summed E-state index contributed by atoms with van der Waals surface area (Å²) in [6.07, 6.45) is 0. The molecule has 0 saturated carbocycles. The summed E-state index contributed by atoms with van der Waals surface area (Å²) in [5.41, 5.74) is 2.64. The van der Waals surface area contributed by atoms with Gasteiger partial charge in [0.1, 0.15) is 13.2 Å². The highest BCUT2D eigenvalue weighted by Gasteiger charge is 2.10. The molecule has 170 valence electrons. The molecule has 4 aromatic carbocycles. The molecule has 6 heteroatoms. The number of rotatable bonds is 9. The first-order chi connectivity index (χ1) is 16.7. The molecule has 0 N–H and O–H groups in total. The number of esters is 2. The molecule has 0 unspecified atom stereocenters. The minimum absolute atomic E-state index is 0.205. The molecule has 0 heterocycles. The standard InChI is InChI=1S/C28H22O6/c29-27(31-19-21-7-3-1-4-8-21)23-11-15-25(16-12-23)33-34-26-17-13-24(14-18-26)28(30)32-20-22-9-5-2-6-10-22/h1-18H,19-20H2. The lowest BCUT2D eigenvalue weighted by Crippen LogP contribution is -2.06. The topological polar surface area (TPSA) is 71.1 Å². The Hall–Kier alpha value is -4.58. The Morgan fingerprint density at radius 2 is 0.824 bits per heavy atom. The minimum Gasteiger partial charge on any atom is -0.457 e. The van der Waals surface area contributed by atoms with Crippen LogP contribution in [-0.2, 0) is 22.7 Å². The molecule has 4 rings (SSSR count). The average Bonchev–Trinajstić information content (AvgIpc) is 2.91. The van der Waals surface area contributed by atoms with E-state index in [9.17, 15) is 9.59 Å². The van der Waals surface area contributed by atoms with Gasteiger partial charge in [0.2, 0.25) is 0 Å². The lowest BCUT2D eigenvalue weighted by molar-refractivity contribution is -0.0999. The first-order valence-corrected chi connectivity index (χ1v) is 10.6. The fourth-order valence-corrected chi connectivity index (χ4v) is 3.00. The molecule has 0 fully saturated rings. The van der Waals surface area contributed by atoms with E-state index in [1.165, 1.54) is 0 Å². The zero-order chi connectivity index (χ0) is 23.6. The maximum Gasteiger partial charge on any atom is 0.338 e. The normalized spacial score (nSPS) is 10.2. The van der Waals surface area contributed by atoms with Crippen molar-refractivity contribution in [3.63, 3.8) is 0 Å². The van der Waals surface area contributed by atoms with Crippen LogP contribution in [0.2, 0.25) is 0 Å². The molecule has 0 radical (unpaired) electrons. The van der Waals surface area contributed by atoms with Crippen LogP contribution in [0.15, 0.2) is 109 Å². The quantitative estimate of drug-likeness (QED) is 0.182. The van der Waals surface area contributed by atoms with Crippen LogP contribution in [0, 0.1) is 0 Å². The minimum atomic E-state index is -0.425. The Bertz CT molecular complexity index is 1100. The van der Waals surface area contributed by atoms with Gasteiger partial charge in [-0.1, -0.05) is 60.7 Å². The van der Waals surface area contributed by atoms with Crippen molar-refractivity contribution in [3.05, 3.63) is 131 Å². The summed E-state index contributed by atoms with van der Waals surface area (Å²) in [5, 5.41) is 0. The van der Waals surface area contributed by atoms with Gasteiger partial charge in [0.25, 0.3) is 0 Å². The van der Waals surface area contributed by atoms with Crippen molar-refractivity contribution in [2.45, 2.75) is 13.2 Å². The van der Waals surface area contributed by atoms with Gasteiger partial charge in [0, 0.05) is 0 Å². The van der Waals surface area contributed by atoms with Crippen LogP contribution in [0.25, 0.3) is 0 Å². The Kier molecular flexibility index (Phi) is 7.54. The summed E-state index contributed by atoms with van der Waals surface area (Å²) in [6, 6.07) is 31.7. The van der Waals surface area contributed by atoms with Crippen molar-refractivity contribution in [2.75, 3.05) is 0 Å². The van der Waals surface area contributed by atoms with E-state index in [0.29, 0.717) is 22.6 Å². The van der Waals surface area contributed by atoms with E-state index in [2.05, 4.69) is 0 Å². The highest BCUT2D eigenvalue weighted by Crippen LogP contribution is 2.18. The molecule has 0 bridgehead atoms. The van der Waals surface area contributed by atoms with Crippen LogP contribution in [0.1, 0.15) is 31.8 Å². The fourth-order valence-electron chi connectivity index (χ4n) is 3.00. The monoisotopic (exact) mass is 454 g/mol. The zero-order valence-electron chi connectivity index (χ0n) is 18.3. The SMILES string of the molecule is O=C(OCc1ccccc1)c1ccc(OOc2ccc(C(=O)OCc3ccccc3)cc2)cc1. The molecule has 0 aromatic heterocycles. The van der Waals surface area contributed by atoms with E-state index in [1.807, 2.05) is 60.7 Å². The van der Waals surface area contributed by atoms with Gasteiger partial charge in [-0.25, -0.2) is 9.59 Å². The smallest absolute Gasteiger partial charge is 0.338 e. The average molecular weight is 454 g/mol. The van der Waals surface area contributed by atoms with Gasteiger partial charge < -0.3 is 9.47 Å². The van der Waals surface area contributed by atoms with Crippen molar-refractivity contribution < 1.29 is 28.8 Å². The van der Waals surface area contributed by atoms with E-state index in [0.717, 1.165) is 11.1 Å². The van der Waals surface area contributed by atoms with Crippen LogP contribution >= 0.6 is 0 Å². The van der Waals surface area contributed by atoms with E-state index in [1.54, 1.807) is 48.5 Å². The summed E-state index contributed by atoms with van der Waals surface area (Å²) in [6.45, 7) is 0.410. The van der Waals surface area contributed by atoms with Crippen molar-refractivity contribution in [1.82, 2.24) is 0 Å². The fraction of sp³-hybridized carbons (Fsp3) is 0.0714. The van der Waals surface area contributed by atoms with Crippen LogP contribution in [-0.4, -0.2) is 11.9 Å². The highest BCUT2D eigenvalue weighted by atomic mass is 17.2. The molecule has 6 nitrogen and oxygen atoms in total. The summed E-state index contributed by atoms with van der Waals surface area (Å²) in [5.74, 6) is -0.0333. The van der Waals surface area contributed by atoms with Gasteiger partial charge in [-0.3, -0.25) is 9.78 Å². The number of carbonyl (C=O) groups excluding carboxylic acids is 2. The maximum absolute atomic E-state index is 12.2. The van der Waals surface area contributed by atoms with E-state index < -0.39 is 11.9 Å². The third-order valence-corrected chi connectivity index (χ3v) is 4.84. The van der Waals surface area contributed by atoms with Crippen LogP contribution in [0.3, 0.4) is 0 Å². The predicted octanol–water partition coefficient (Wildman–Crippen LogP) is 5.77. The van der Waals surface area contributed by atoms with Crippen LogP contribution in [0.5, 0.6) is 11.5 Å². The maximum atomic E-state index is 12.2. The molecule has 34 heavy (non-hydrogen) atoms. The van der Waals surface area contributed by atoms with E-state index >= 15 is 0 Å². The number of ether oxygens (including phenoxy) is 2. The van der Waals surface area contributed by atoms with Gasteiger partial charge in [-0.2, -0.15) is 0 Å². The summed E-state index contributed by atoms with van der Waals surface area (Å²) < 4.78 is 10.6. The van der Waals surface area contributed by atoms with E-state index in [-0.39, 0.29) is 13.2 Å². The molecule has 0 amide bonds. The van der Waals surface area contributed by atoms with Gasteiger partial charge in [-0.05, 0) is 59.7 Å². The van der Waals surface area contributed by atoms with Gasteiger partial charge in [-0.15, -0.1) is 0 Å². The second-order valence-electron chi connectivity index (χ2n) is 7.34. The summed E-state index contributed by atoms with van der Waals surface area (Å²) in [4.78, 5) is 35.0. The Labute approximate surface area is 197 Å². The Balaban J connectivity index is 1.24. The predicted molar refractivity (Wildman–Crippen MR) is 125 cm³/mol. The van der Waals surface area contributed by atoms with Crippen molar-refractivity contribution in [1.29, 1.82) is 0 Å². The van der Waals surface area contributed by atoms with E-state index in [4.69, 9.17) is 19.2 Å². The third kappa shape index (κ3) is 6.46. The molecule has 0 atom stereocenters. The van der Waals surface area contributed by atoms with Gasteiger partial charge in [0.15, 0.2) is 11.5 Å². The van der Waals surface area contributed by atoms with Gasteiger partial charge in [0.05, 0.1) is 11.1 Å². The lowest BCUT2D eigenvalue weighted by Gasteiger charge is -2.08. The Morgan fingerprint density at radius 1 is 0.471 bits per heavy atom. The number of carbonyl (C=O) groups is 2. The van der Waals surface area contributed by atoms with Crippen molar-refractivity contribution in [3.8, 4) is 11.5 Å². The molecule has 0 spiro atoms. The van der Waals surface area contributed by atoms with Crippen molar-refractivity contribution in [2.24, 2.45) is 0 Å². The molecule has 4 aromatic rings. The largest absolute Gasteiger partial charge is 0.457 e. The summed E-state index contributed by atoms with van der Waals surface area (Å²) >= 11 is 0. The highest BCUT2D eigenvalue weighted by molar-refractivity contribution is 5.90. The number of hydrogen-bond donors (Lipinski definition) is 0. The third-order valence-electron chi connectivity index (χ3n) is 4.84.